The summed E-state index contributed by atoms with van der Waals surface area (Å²) in [5, 5.41) is 3.57. The van der Waals surface area contributed by atoms with Gasteiger partial charge in [0.1, 0.15) is 10.8 Å². The fourth-order valence-corrected chi connectivity index (χ4v) is 3.65. The van der Waals surface area contributed by atoms with Gasteiger partial charge in [-0.3, -0.25) is 9.69 Å². The normalized spacial score (nSPS) is 12.9. The summed E-state index contributed by atoms with van der Waals surface area (Å²) in [6, 6.07) is 12.8. The second-order valence-electron chi connectivity index (χ2n) is 6.23. The molecule has 0 radical (unpaired) electrons. The largest absolute Gasteiger partial charge is 0.573 e. The summed E-state index contributed by atoms with van der Waals surface area (Å²) in [4.78, 5) is 18.7. The van der Waals surface area contributed by atoms with Crippen LogP contribution in [0.3, 0.4) is 0 Å². The number of amides is 1. The van der Waals surface area contributed by atoms with Crippen LogP contribution in [0.1, 0.15) is 18.0 Å². The molecule has 148 valence electrons. The summed E-state index contributed by atoms with van der Waals surface area (Å²) in [5.41, 5.74) is 1.31. The van der Waals surface area contributed by atoms with Crippen molar-refractivity contribution in [1.82, 2.24) is 9.88 Å². The molecule has 0 aliphatic rings. The number of nitrogens with zero attached hydrogens (tertiary/aromatic N) is 2. The van der Waals surface area contributed by atoms with Gasteiger partial charge < -0.3 is 10.1 Å². The summed E-state index contributed by atoms with van der Waals surface area (Å²) in [6.45, 7) is 2.08. The average molecular weight is 409 g/mol. The number of thiazole rings is 1. The van der Waals surface area contributed by atoms with Gasteiger partial charge in [0.05, 0.1) is 22.8 Å². The molecule has 0 saturated carbocycles. The molecule has 1 amide bonds. The van der Waals surface area contributed by atoms with Gasteiger partial charge in [-0.05, 0) is 50.4 Å². The number of hydrogen-bond donors (Lipinski definition) is 1. The summed E-state index contributed by atoms with van der Waals surface area (Å²) in [7, 11) is 1.82. The van der Waals surface area contributed by atoms with Crippen LogP contribution in [0.15, 0.2) is 48.5 Å². The third-order valence-corrected chi connectivity index (χ3v) is 5.30. The summed E-state index contributed by atoms with van der Waals surface area (Å²) < 4.78 is 41.4. The molecule has 0 fully saturated rings. The monoisotopic (exact) mass is 409 g/mol. The van der Waals surface area contributed by atoms with Gasteiger partial charge in [0.25, 0.3) is 0 Å². The first-order valence-corrected chi connectivity index (χ1v) is 9.24. The van der Waals surface area contributed by atoms with E-state index in [4.69, 9.17) is 0 Å². The van der Waals surface area contributed by atoms with Crippen molar-refractivity contribution in [3.05, 3.63) is 53.5 Å². The quantitative estimate of drug-likeness (QED) is 0.634. The molecule has 1 heterocycles. The predicted molar refractivity (Wildman–Crippen MR) is 102 cm³/mol. The Hall–Kier alpha value is -2.65. The van der Waals surface area contributed by atoms with Crippen molar-refractivity contribution in [2.75, 3.05) is 18.9 Å². The Kier molecular flexibility index (Phi) is 5.85. The molecule has 0 spiro atoms. The van der Waals surface area contributed by atoms with E-state index in [1.807, 2.05) is 43.1 Å². The van der Waals surface area contributed by atoms with Crippen molar-refractivity contribution in [2.24, 2.45) is 0 Å². The van der Waals surface area contributed by atoms with Crippen molar-refractivity contribution in [3.8, 4) is 5.75 Å². The van der Waals surface area contributed by atoms with Crippen molar-refractivity contribution < 1.29 is 22.7 Å². The van der Waals surface area contributed by atoms with Crippen molar-refractivity contribution >= 4 is 33.1 Å². The number of halogens is 3. The predicted octanol–water partition coefficient (Wildman–Crippen LogP) is 4.83. The molecular weight excluding hydrogens is 391 g/mol. The Morgan fingerprint density at radius 3 is 2.54 bits per heavy atom. The zero-order valence-electron chi connectivity index (χ0n) is 15.2. The molecule has 9 heteroatoms. The molecule has 0 saturated heterocycles. The van der Waals surface area contributed by atoms with Gasteiger partial charge in [0.15, 0.2) is 0 Å². The van der Waals surface area contributed by atoms with Crippen LogP contribution in [0, 0.1) is 0 Å². The van der Waals surface area contributed by atoms with Crippen molar-refractivity contribution in [3.63, 3.8) is 0 Å². The number of para-hydroxylation sites is 1. The van der Waals surface area contributed by atoms with Crippen LogP contribution in [0.25, 0.3) is 10.2 Å². The van der Waals surface area contributed by atoms with E-state index in [0.717, 1.165) is 27.4 Å². The zero-order valence-corrected chi connectivity index (χ0v) is 16.0. The first-order chi connectivity index (χ1) is 13.2. The number of carbonyl (C=O) groups is 1. The molecule has 0 unspecified atom stereocenters. The lowest BCUT2D eigenvalue weighted by molar-refractivity contribution is -0.274. The van der Waals surface area contributed by atoms with Crippen molar-refractivity contribution in [2.45, 2.75) is 19.3 Å². The third kappa shape index (κ3) is 5.20. The maximum atomic E-state index is 12.3. The Balaban J connectivity index is 1.57. The minimum atomic E-state index is -4.75. The molecule has 3 aromatic rings. The number of nitrogens with one attached hydrogen (secondary N) is 1. The SMILES string of the molecule is C[C@H](c1nc2ccccc2s1)N(C)CC(=O)Nc1ccc(OC(F)(F)F)cc1. The topological polar surface area (TPSA) is 54.5 Å². The van der Waals surface area contributed by atoms with Gasteiger partial charge in [0, 0.05) is 5.69 Å². The molecule has 0 aliphatic heterocycles. The highest BCUT2D eigenvalue weighted by atomic mass is 32.1. The molecule has 1 N–H and O–H groups in total. The second-order valence-corrected chi connectivity index (χ2v) is 7.29. The second kappa shape index (κ2) is 8.15. The number of rotatable bonds is 6. The van der Waals surface area contributed by atoms with Crippen LogP contribution in [-0.4, -0.2) is 35.7 Å². The molecule has 3 rings (SSSR count). The first kappa shape index (κ1) is 20.1. The van der Waals surface area contributed by atoms with E-state index in [-0.39, 0.29) is 24.2 Å². The number of anilines is 1. The number of carbonyl (C=O) groups excluding carboxylic acids is 1. The number of ether oxygens (including phenoxy) is 1. The fourth-order valence-electron chi connectivity index (χ4n) is 2.56. The van der Waals surface area contributed by atoms with Crippen molar-refractivity contribution in [1.29, 1.82) is 0 Å². The highest BCUT2D eigenvalue weighted by Crippen LogP contribution is 2.29. The molecule has 0 aliphatic carbocycles. The van der Waals surface area contributed by atoms with E-state index in [1.54, 1.807) is 11.3 Å². The van der Waals surface area contributed by atoms with Crippen LogP contribution >= 0.6 is 11.3 Å². The van der Waals surface area contributed by atoms with Gasteiger partial charge >= 0.3 is 6.36 Å². The van der Waals surface area contributed by atoms with Gasteiger partial charge in [-0.25, -0.2) is 4.98 Å². The van der Waals surface area contributed by atoms with Crippen LogP contribution in [0.2, 0.25) is 0 Å². The standard InChI is InChI=1S/C19H18F3N3O2S/c1-12(18-24-15-5-3-4-6-16(15)28-18)25(2)11-17(26)23-13-7-9-14(10-8-13)27-19(20,21)22/h3-10,12H,11H2,1-2H3,(H,23,26)/t12-/m1/s1. The molecule has 1 atom stereocenters. The maximum absolute atomic E-state index is 12.3. The number of alkyl halides is 3. The average Bonchev–Trinajstić information content (AvgIpc) is 3.05. The molecule has 5 nitrogen and oxygen atoms in total. The highest BCUT2D eigenvalue weighted by Gasteiger charge is 2.31. The number of likely N-dealkylation sites (N-methyl/N-ethyl adjacent to an activating group) is 1. The third-order valence-electron chi connectivity index (χ3n) is 4.09. The molecule has 0 bridgehead atoms. The van der Waals surface area contributed by atoms with Gasteiger partial charge in [0.2, 0.25) is 5.91 Å². The molecular formula is C19H18F3N3O2S. The number of benzene rings is 2. The Morgan fingerprint density at radius 1 is 1.21 bits per heavy atom. The van der Waals surface area contributed by atoms with Gasteiger partial charge in [-0.1, -0.05) is 12.1 Å². The van der Waals surface area contributed by atoms with Crippen LogP contribution in [0.4, 0.5) is 18.9 Å². The fraction of sp³-hybridized carbons (Fsp3) is 0.263. The Bertz CT molecular complexity index is 924. The number of fused-ring (bicyclic) bond motifs is 1. The first-order valence-electron chi connectivity index (χ1n) is 8.42. The lowest BCUT2D eigenvalue weighted by Gasteiger charge is -2.22. The Labute approximate surface area is 163 Å². The zero-order chi connectivity index (χ0) is 20.3. The molecule has 1 aromatic heterocycles. The van der Waals surface area contributed by atoms with Gasteiger partial charge in [-0.2, -0.15) is 0 Å². The number of aromatic nitrogens is 1. The summed E-state index contributed by atoms with van der Waals surface area (Å²) in [6.07, 6.45) is -4.75. The van der Waals surface area contributed by atoms with Gasteiger partial charge in [-0.15, -0.1) is 24.5 Å². The summed E-state index contributed by atoms with van der Waals surface area (Å²) >= 11 is 1.58. The van der Waals surface area contributed by atoms with E-state index in [2.05, 4.69) is 15.0 Å². The van der Waals surface area contributed by atoms with E-state index in [9.17, 15) is 18.0 Å². The smallest absolute Gasteiger partial charge is 0.406 e. The summed E-state index contributed by atoms with van der Waals surface area (Å²) in [5.74, 6) is -0.618. The van der Waals surface area contributed by atoms with Crippen LogP contribution < -0.4 is 10.1 Å². The van der Waals surface area contributed by atoms with E-state index < -0.39 is 6.36 Å². The van der Waals surface area contributed by atoms with E-state index in [1.165, 1.54) is 12.1 Å². The molecule has 28 heavy (non-hydrogen) atoms. The minimum absolute atomic E-state index is 0.0642. The number of hydrogen-bond acceptors (Lipinski definition) is 5. The highest BCUT2D eigenvalue weighted by molar-refractivity contribution is 7.18. The van der Waals surface area contributed by atoms with E-state index in [0.29, 0.717) is 5.69 Å². The minimum Gasteiger partial charge on any atom is -0.406 e. The van der Waals surface area contributed by atoms with E-state index >= 15 is 0 Å². The molecule has 2 aromatic carbocycles. The Morgan fingerprint density at radius 2 is 1.89 bits per heavy atom. The lowest BCUT2D eigenvalue weighted by Crippen LogP contribution is -2.32. The van der Waals surface area contributed by atoms with Crippen LogP contribution in [-0.2, 0) is 4.79 Å². The lowest BCUT2D eigenvalue weighted by atomic mass is 10.3. The van der Waals surface area contributed by atoms with Crippen LogP contribution in [0.5, 0.6) is 5.75 Å². The maximum Gasteiger partial charge on any atom is 0.573 e.